The minimum atomic E-state index is -3.44. The molecule has 8 heteroatoms. The van der Waals surface area contributed by atoms with E-state index in [0.717, 1.165) is 27.6 Å². The predicted octanol–water partition coefficient (Wildman–Crippen LogP) is 5.07. The number of anilines is 1. The number of aromatic nitrogens is 2. The van der Waals surface area contributed by atoms with Crippen LogP contribution >= 0.6 is 11.3 Å². The Hall–Kier alpha value is -3.10. The van der Waals surface area contributed by atoms with Crippen molar-refractivity contribution in [2.75, 3.05) is 11.2 Å². The second kappa shape index (κ2) is 8.80. The number of benzene rings is 2. The van der Waals surface area contributed by atoms with Crippen molar-refractivity contribution < 1.29 is 13.2 Å². The fraction of sp³-hybridized carbons (Fsp3) is 0.208. The fourth-order valence-corrected chi connectivity index (χ4v) is 5.12. The van der Waals surface area contributed by atoms with E-state index < -0.39 is 9.84 Å². The molecule has 0 unspecified atom stereocenters. The van der Waals surface area contributed by atoms with Gasteiger partial charge in [-0.3, -0.25) is 14.7 Å². The molecule has 0 aliphatic carbocycles. The van der Waals surface area contributed by atoms with Gasteiger partial charge in [-0.25, -0.2) is 13.4 Å². The van der Waals surface area contributed by atoms with Crippen LogP contribution in [0.4, 0.5) is 5.13 Å². The third-order valence-electron chi connectivity index (χ3n) is 5.11. The summed E-state index contributed by atoms with van der Waals surface area (Å²) < 4.78 is 25.0. The molecule has 164 valence electrons. The second-order valence-corrected chi connectivity index (χ2v) is 10.9. The molecule has 2 aromatic carbocycles. The lowest BCUT2D eigenvalue weighted by Gasteiger charge is -2.20. The minimum Gasteiger partial charge on any atom is -0.279 e. The van der Waals surface area contributed by atoms with Gasteiger partial charge in [-0.15, -0.1) is 0 Å². The summed E-state index contributed by atoms with van der Waals surface area (Å²) in [5.41, 5.74) is 3.15. The highest BCUT2D eigenvalue weighted by Crippen LogP contribution is 2.34. The molecule has 4 aromatic rings. The van der Waals surface area contributed by atoms with E-state index in [4.69, 9.17) is 4.98 Å². The third-order valence-corrected chi connectivity index (χ3v) is 7.26. The highest BCUT2D eigenvalue weighted by Gasteiger charge is 2.24. The zero-order chi connectivity index (χ0) is 22.9. The van der Waals surface area contributed by atoms with Crippen LogP contribution in [-0.4, -0.2) is 30.5 Å². The van der Waals surface area contributed by atoms with Crippen molar-refractivity contribution in [1.29, 1.82) is 0 Å². The number of carbonyl (C=O) groups is 1. The average Bonchev–Trinajstić information content (AvgIpc) is 3.21. The van der Waals surface area contributed by atoms with Crippen LogP contribution in [0.25, 0.3) is 10.2 Å². The van der Waals surface area contributed by atoms with Crippen LogP contribution < -0.4 is 4.90 Å². The van der Waals surface area contributed by atoms with E-state index in [9.17, 15) is 13.2 Å². The van der Waals surface area contributed by atoms with Crippen LogP contribution in [0.2, 0.25) is 0 Å². The van der Waals surface area contributed by atoms with Crippen molar-refractivity contribution in [3.63, 3.8) is 0 Å². The molecule has 0 radical (unpaired) electrons. The first-order valence-electron chi connectivity index (χ1n) is 10.1. The molecule has 0 aliphatic rings. The van der Waals surface area contributed by atoms with Crippen molar-refractivity contribution >= 4 is 42.4 Å². The molecule has 0 bridgehead atoms. The molecule has 0 saturated carbocycles. The summed E-state index contributed by atoms with van der Waals surface area (Å²) in [7, 11) is -3.44. The molecule has 0 saturated heterocycles. The number of hydrogen-bond acceptors (Lipinski definition) is 6. The second-order valence-electron chi connectivity index (χ2n) is 7.90. The Bertz CT molecular complexity index is 1380. The fourth-order valence-electron chi connectivity index (χ4n) is 3.46. The molecule has 2 aromatic heterocycles. The zero-order valence-electron chi connectivity index (χ0n) is 18.0. The average molecular weight is 466 g/mol. The van der Waals surface area contributed by atoms with E-state index in [1.54, 1.807) is 29.4 Å². The van der Waals surface area contributed by atoms with Gasteiger partial charge in [0.25, 0.3) is 5.91 Å². The molecule has 0 N–H and O–H groups in total. The Morgan fingerprint density at radius 3 is 2.56 bits per heavy atom. The van der Waals surface area contributed by atoms with Gasteiger partial charge in [0, 0.05) is 24.2 Å². The lowest BCUT2D eigenvalue weighted by molar-refractivity contribution is 0.0985. The van der Waals surface area contributed by atoms with Gasteiger partial charge in [-0.2, -0.15) is 0 Å². The van der Waals surface area contributed by atoms with E-state index in [-0.39, 0.29) is 17.3 Å². The largest absolute Gasteiger partial charge is 0.279 e. The molecular formula is C24H23N3O3S2. The van der Waals surface area contributed by atoms with Gasteiger partial charge in [0.2, 0.25) is 0 Å². The van der Waals surface area contributed by atoms with Crippen molar-refractivity contribution in [3.05, 3.63) is 83.7 Å². The molecule has 2 heterocycles. The number of fused-ring (bicyclic) bond motifs is 1. The van der Waals surface area contributed by atoms with Crippen molar-refractivity contribution in [1.82, 2.24) is 9.97 Å². The number of amides is 1. The number of carbonyl (C=O) groups excluding carboxylic acids is 1. The topological polar surface area (TPSA) is 80.2 Å². The molecule has 1 amide bonds. The first-order chi connectivity index (χ1) is 15.2. The lowest BCUT2D eigenvalue weighted by atomic mass is 10.0. The Labute approximate surface area is 191 Å². The molecular weight excluding hydrogens is 442 g/mol. The molecule has 0 atom stereocenters. The number of thiazole rings is 1. The summed E-state index contributed by atoms with van der Waals surface area (Å²) in [5, 5.41) is 0.562. The van der Waals surface area contributed by atoms with Crippen molar-refractivity contribution in [2.24, 2.45) is 0 Å². The van der Waals surface area contributed by atoms with E-state index in [1.165, 1.54) is 23.5 Å². The van der Waals surface area contributed by atoms with E-state index in [1.807, 2.05) is 24.3 Å². The number of nitrogens with zero attached hydrogens (tertiary/aromatic N) is 3. The molecule has 0 spiro atoms. The number of sulfone groups is 1. The van der Waals surface area contributed by atoms with Gasteiger partial charge in [-0.1, -0.05) is 49.4 Å². The molecule has 0 fully saturated rings. The maximum absolute atomic E-state index is 13.6. The van der Waals surface area contributed by atoms with Crippen LogP contribution in [0.1, 0.15) is 41.3 Å². The smallest absolute Gasteiger partial charge is 0.260 e. The van der Waals surface area contributed by atoms with Gasteiger partial charge in [0.05, 0.1) is 21.7 Å². The summed E-state index contributed by atoms with van der Waals surface area (Å²) in [5.74, 6) is -0.0212. The number of pyridine rings is 1. The number of para-hydroxylation sites is 1. The summed E-state index contributed by atoms with van der Waals surface area (Å²) >= 11 is 1.44. The quantitative estimate of drug-likeness (QED) is 0.397. The number of hydrogen-bond donors (Lipinski definition) is 0. The maximum atomic E-state index is 13.6. The summed E-state index contributed by atoms with van der Waals surface area (Å²) in [6, 6.07) is 15.9. The first kappa shape index (κ1) is 22.1. The Morgan fingerprint density at radius 1 is 1.09 bits per heavy atom. The van der Waals surface area contributed by atoms with Gasteiger partial charge in [-0.05, 0) is 47.4 Å². The minimum absolute atomic E-state index is 0.107. The van der Waals surface area contributed by atoms with Gasteiger partial charge >= 0.3 is 0 Å². The summed E-state index contributed by atoms with van der Waals surface area (Å²) in [6.45, 7) is 4.50. The van der Waals surface area contributed by atoms with E-state index in [0.29, 0.717) is 16.6 Å². The number of rotatable bonds is 6. The Balaban J connectivity index is 1.82. The SMILES string of the molecule is CC(C)c1cccc2sc(N(Cc3cccnc3)C(=O)c3cccc(S(C)(=O)=O)c3)nc12. The Kier molecular flexibility index (Phi) is 6.08. The van der Waals surface area contributed by atoms with Crippen molar-refractivity contribution in [3.8, 4) is 0 Å². The van der Waals surface area contributed by atoms with Gasteiger partial charge in [0.15, 0.2) is 15.0 Å². The molecule has 6 nitrogen and oxygen atoms in total. The summed E-state index contributed by atoms with van der Waals surface area (Å²) in [4.78, 5) is 24.3. The first-order valence-corrected chi connectivity index (χ1v) is 12.8. The highest BCUT2D eigenvalue weighted by molar-refractivity contribution is 7.90. The van der Waals surface area contributed by atoms with Crippen LogP contribution in [0.3, 0.4) is 0 Å². The molecule has 0 aliphatic heterocycles. The van der Waals surface area contributed by atoms with E-state index in [2.05, 4.69) is 24.9 Å². The third kappa shape index (κ3) is 4.56. The molecule has 32 heavy (non-hydrogen) atoms. The highest BCUT2D eigenvalue weighted by atomic mass is 32.2. The van der Waals surface area contributed by atoms with Crippen LogP contribution in [0.5, 0.6) is 0 Å². The van der Waals surface area contributed by atoms with Gasteiger partial charge in [0.1, 0.15) is 0 Å². The molecule has 4 rings (SSSR count). The maximum Gasteiger partial charge on any atom is 0.260 e. The summed E-state index contributed by atoms with van der Waals surface area (Å²) in [6.07, 6.45) is 4.52. The van der Waals surface area contributed by atoms with Crippen LogP contribution in [0, 0.1) is 0 Å². The standard InChI is InChI=1S/C24H23N3O3S2/c1-16(2)20-10-5-11-21-22(20)26-24(31-21)27(15-17-7-6-12-25-14-17)23(28)18-8-4-9-19(13-18)32(3,29)30/h4-14,16H,15H2,1-3H3. The Morgan fingerprint density at radius 2 is 1.88 bits per heavy atom. The predicted molar refractivity (Wildman–Crippen MR) is 128 cm³/mol. The normalized spacial score (nSPS) is 11.8. The van der Waals surface area contributed by atoms with Crippen LogP contribution in [0.15, 0.2) is 71.9 Å². The van der Waals surface area contributed by atoms with Gasteiger partial charge < -0.3 is 0 Å². The van der Waals surface area contributed by atoms with Crippen molar-refractivity contribution in [2.45, 2.75) is 31.2 Å². The van der Waals surface area contributed by atoms with Crippen LogP contribution in [-0.2, 0) is 16.4 Å². The zero-order valence-corrected chi connectivity index (χ0v) is 19.7. The monoisotopic (exact) mass is 465 g/mol. The van der Waals surface area contributed by atoms with E-state index >= 15 is 0 Å². The lowest BCUT2D eigenvalue weighted by Crippen LogP contribution is -2.30.